The second-order valence-electron chi connectivity index (χ2n) is 1.85. The number of hydrogen-bond donors (Lipinski definition) is 1. The lowest BCUT2D eigenvalue weighted by molar-refractivity contribution is -0.150. The van der Waals surface area contributed by atoms with Gasteiger partial charge in [-0.3, -0.25) is 4.79 Å². The molecule has 9 heavy (non-hydrogen) atoms. The minimum absolute atomic E-state index is 0.0922. The van der Waals surface area contributed by atoms with Crippen LogP contribution in [0.2, 0.25) is 0 Å². The number of nitrogens with one attached hydrogen (secondary N) is 1. The number of carbonyl (C=O) groups is 2. The fraction of sp³-hybridized carbons (Fsp3) is 0.600. The Morgan fingerprint density at radius 2 is 2.44 bits per heavy atom. The summed E-state index contributed by atoms with van der Waals surface area (Å²) in [5.41, 5.74) is 0. The van der Waals surface area contributed by atoms with Crippen LogP contribution in [-0.2, 0) is 14.3 Å². The maximum atomic E-state index is 10.5. The minimum atomic E-state index is -0.387. The predicted octanol–water partition coefficient (Wildman–Crippen LogP) is -0.952. The molecule has 0 radical (unpaired) electrons. The van der Waals surface area contributed by atoms with Gasteiger partial charge in [0.15, 0.2) is 0 Å². The molecule has 0 aliphatic carbocycles. The average Bonchev–Trinajstić information content (AvgIpc) is 1.79. The molecule has 1 aliphatic rings. The largest absolute Gasteiger partial charge is 0.467 e. The van der Waals surface area contributed by atoms with E-state index in [9.17, 15) is 9.59 Å². The molecule has 1 N–H and O–H groups in total. The van der Waals surface area contributed by atoms with Crippen LogP contribution in [0.5, 0.6) is 0 Å². The molecule has 0 aromatic heterocycles. The van der Waals surface area contributed by atoms with E-state index in [1.54, 1.807) is 0 Å². The molecule has 1 rings (SSSR count). The standard InChI is InChI=1S/C5H7NO3/c1-9-5(8)3-2-4(7)6-3/h3H,2H2,1H3,(H,6,7). The number of carbonyl (C=O) groups excluding carboxylic acids is 2. The molecule has 1 fully saturated rings. The normalized spacial score (nSPS) is 24.1. The topological polar surface area (TPSA) is 55.4 Å². The summed E-state index contributed by atoms with van der Waals surface area (Å²) in [5, 5.41) is 2.38. The smallest absolute Gasteiger partial charge is 0.328 e. The molecule has 4 heteroatoms. The number of esters is 1. The van der Waals surface area contributed by atoms with Gasteiger partial charge in [-0.15, -0.1) is 0 Å². The highest BCUT2D eigenvalue weighted by Crippen LogP contribution is 2.04. The average molecular weight is 129 g/mol. The van der Waals surface area contributed by atoms with Crippen LogP contribution in [0.3, 0.4) is 0 Å². The molecule has 1 saturated heterocycles. The van der Waals surface area contributed by atoms with Crippen molar-refractivity contribution in [2.45, 2.75) is 12.5 Å². The van der Waals surface area contributed by atoms with Crippen molar-refractivity contribution in [3.05, 3.63) is 0 Å². The maximum absolute atomic E-state index is 10.5. The third-order valence-corrected chi connectivity index (χ3v) is 1.21. The zero-order chi connectivity index (χ0) is 6.85. The van der Waals surface area contributed by atoms with Crippen LogP contribution in [0.1, 0.15) is 6.42 Å². The second-order valence-corrected chi connectivity index (χ2v) is 1.85. The number of amides is 1. The van der Waals surface area contributed by atoms with Crippen molar-refractivity contribution in [3.8, 4) is 0 Å². The van der Waals surface area contributed by atoms with Crippen LogP contribution in [-0.4, -0.2) is 25.0 Å². The van der Waals surface area contributed by atoms with Gasteiger partial charge in [0, 0.05) is 0 Å². The first kappa shape index (κ1) is 6.07. The van der Waals surface area contributed by atoms with Gasteiger partial charge in [-0.1, -0.05) is 0 Å². The Morgan fingerprint density at radius 1 is 1.89 bits per heavy atom. The Kier molecular flexibility index (Phi) is 1.38. The Bertz CT molecular complexity index is 146. The molecule has 0 spiro atoms. The number of ether oxygens (including phenoxy) is 1. The lowest BCUT2D eigenvalue weighted by atomic mass is 10.1. The Morgan fingerprint density at radius 3 is 2.78 bits per heavy atom. The van der Waals surface area contributed by atoms with Crippen molar-refractivity contribution >= 4 is 11.9 Å². The molecular weight excluding hydrogens is 122 g/mol. The molecular formula is C5H7NO3. The van der Waals surface area contributed by atoms with Crippen molar-refractivity contribution in [2.24, 2.45) is 0 Å². The number of hydrogen-bond acceptors (Lipinski definition) is 3. The van der Waals surface area contributed by atoms with Gasteiger partial charge in [0.1, 0.15) is 6.04 Å². The van der Waals surface area contributed by atoms with Gasteiger partial charge in [0.25, 0.3) is 0 Å². The fourth-order valence-corrected chi connectivity index (χ4v) is 0.643. The highest BCUT2D eigenvalue weighted by atomic mass is 16.5. The van der Waals surface area contributed by atoms with E-state index in [0.29, 0.717) is 0 Å². The number of rotatable bonds is 1. The van der Waals surface area contributed by atoms with E-state index in [2.05, 4.69) is 10.1 Å². The molecule has 0 bridgehead atoms. The quantitative estimate of drug-likeness (QED) is 0.367. The van der Waals surface area contributed by atoms with E-state index in [1.807, 2.05) is 0 Å². The van der Waals surface area contributed by atoms with Crippen molar-refractivity contribution < 1.29 is 14.3 Å². The SMILES string of the molecule is COC(=O)C1CC(=O)N1. The summed E-state index contributed by atoms with van der Waals surface area (Å²) >= 11 is 0. The van der Waals surface area contributed by atoms with E-state index >= 15 is 0 Å². The lowest BCUT2D eigenvalue weighted by Gasteiger charge is -2.23. The van der Waals surface area contributed by atoms with E-state index in [-0.39, 0.29) is 24.3 Å². The van der Waals surface area contributed by atoms with Crippen LogP contribution in [0.4, 0.5) is 0 Å². The molecule has 1 aliphatic heterocycles. The number of β-lactam (4-membered cyclic amide) rings is 1. The van der Waals surface area contributed by atoms with Crippen LogP contribution in [0, 0.1) is 0 Å². The van der Waals surface area contributed by atoms with Gasteiger partial charge in [0.05, 0.1) is 13.5 Å². The lowest BCUT2D eigenvalue weighted by Crippen LogP contribution is -2.53. The monoisotopic (exact) mass is 129 g/mol. The fourth-order valence-electron chi connectivity index (χ4n) is 0.643. The zero-order valence-corrected chi connectivity index (χ0v) is 5.01. The maximum Gasteiger partial charge on any atom is 0.328 e. The highest BCUT2D eigenvalue weighted by molar-refractivity contribution is 5.94. The van der Waals surface area contributed by atoms with Crippen LogP contribution >= 0.6 is 0 Å². The summed E-state index contributed by atoms with van der Waals surface area (Å²) in [6.45, 7) is 0. The van der Waals surface area contributed by atoms with Gasteiger partial charge >= 0.3 is 5.97 Å². The van der Waals surface area contributed by atoms with E-state index < -0.39 is 0 Å². The van der Waals surface area contributed by atoms with E-state index in [1.165, 1.54) is 7.11 Å². The summed E-state index contributed by atoms with van der Waals surface area (Å²) in [4.78, 5) is 20.7. The van der Waals surface area contributed by atoms with Crippen molar-refractivity contribution in [1.82, 2.24) is 5.32 Å². The van der Waals surface area contributed by atoms with E-state index in [4.69, 9.17) is 0 Å². The van der Waals surface area contributed by atoms with Crippen molar-refractivity contribution in [2.75, 3.05) is 7.11 Å². The Labute approximate surface area is 52.2 Å². The molecule has 1 unspecified atom stereocenters. The molecule has 0 saturated carbocycles. The molecule has 50 valence electrons. The second kappa shape index (κ2) is 2.05. The summed E-state index contributed by atoms with van der Waals surface area (Å²) in [6, 6.07) is -0.387. The van der Waals surface area contributed by atoms with Gasteiger partial charge in [-0.2, -0.15) is 0 Å². The minimum Gasteiger partial charge on any atom is -0.467 e. The van der Waals surface area contributed by atoms with Gasteiger partial charge < -0.3 is 10.1 Å². The van der Waals surface area contributed by atoms with E-state index in [0.717, 1.165) is 0 Å². The first-order valence-electron chi connectivity index (χ1n) is 2.61. The summed E-state index contributed by atoms with van der Waals surface area (Å²) in [6.07, 6.45) is 0.271. The first-order valence-corrected chi connectivity index (χ1v) is 2.61. The van der Waals surface area contributed by atoms with Crippen molar-refractivity contribution in [3.63, 3.8) is 0 Å². The summed E-state index contributed by atoms with van der Waals surface area (Å²) in [5.74, 6) is -0.458. The van der Waals surface area contributed by atoms with Crippen LogP contribution < -0.4 is 5.32 Å². The number of methoxy groups -OCH3 is 1. The first-order chi connectivity index (χ1) is 4.24. The molecule has 4 nitrogen and oxygen atoms in total. The molecule has 1 amide bonds. The molecule has 1 heterocycles. The third kappa shape index (κ3) is 1.01. The van der Waals surface area contributed by atoms with Crippen LogP contribution in [0.25, 0.3) is 0 Å². The van der Waals surface area contributed by atoms with Gasteiger partial charge in [-0.25, -0.2) is 4.79 Å². The molecule has 0 aromatic carbocycles. The summed E-state index contributed by atoms with van der Waals surface area (Å²) < 4.78 is 4.35. The predicted molar refractivity (Wildman–Crippen MR) is 28.6 cm³/mol. The van der Waals surface area contributed by atoms with Gasteiger partial charge in [0.2, 0.25) is 5.91 Å². The van der Waals surface area contributed by atoms with Crippen LogP contribution in [0.15, 0.2) is 0 Å². The zero-order valence-electron chi connectivity index (χ0n) is 5.01. The van der Waals surface area contributed by atoms with Crippen molar-refractivity contribution in [1.29, 1.82) is 0 Å². The Hall–Kier alpha value is -1.06. The van der Waals surface area contributed by atoms with Gasteiger partial charge in [-0.05, 0) is 0 Å². The third-order valence-electron chi connectivity index (χ3n) is 1.21. The highest BCUT2D eigenvalue weighted by Gasteiger charge is 2.32. The molecule has 0 aromatic rings. The summed E-state index contributed by atoms with van der Waals surface area (Å²) in [7, 11) is 1.30. The molecule has 1 atom stereocenters. The Balaban J connectivity index is 2.31.